The lowest BCUT2D eigenvalue weighted by atomic mass is 10.2. The number of thiocarbonyl (C=S) groups is 1. The van der Waals surface area contributed by atoms with Crippen molar-refractivity contribution in [2.45, 2.75) is 32.6 Å². The molecule has 0 saturated carbocycles. The lowest BCUT2D eigenvalue weighted by Gasteiger charge is -2.11. The molecule has 6 heteroatoms. The fraction of sp³-hybridized carbons (Fsp3) is 0.357. The van der Waals surface area contributed by atoms with Gasteiger partial charge in [0, 0.05) is 6.42 Å². The lowest BCUT2D eigenvalue weighted by Crippen LogP contribution is -2.34. The summed E-state index contributed by atoms with van der Waals surface area (Å²) < 4.78 is 0. The van der Waals surface area contributed by atoms with Crippen molar-refractivity contribution < 1.29 is 14.7 Å². The number of nitrogens with one attached hydrogen (secondary N) is 2. The van der Waals surface area contributed by atoms with Crippen LogP contribution in [0.2, 0.25) is 0 Å². The third-order valence-corrected chi connectivity index (χ3v) is 2.87. The molecule has 0 unspecified atom stereocenters. The molecule has 0 aliphatic rings. The molecule has 0 aromatic heterocycles. The highest BCUT2D eigenvalue weighted by atomic mass is 32.1. The topological polar surface area (TPSA) is 78.4 Å². The highest BCUT2D eigenvalue weighted by molar-refractivity contribution is 7.80. The number of hydrogen-bond acceptors (Lipinski definition) is 3. The number of benzene rings is 1. The summed E-state index contributed by atoms with van der Waals surface area (Å²) in [5.74, 6) is -1.21. The normalized spacial score (nSPS) is 9.85. The maximum Gasteiger partial charge on any atom is 0.337 e. The summed E-state index contributed by atoms with van der Waals surface area (Å²) in [6.07, 6.45) is 3.27. The van der Waals surface area contributed by atoms with Crippen molar-refractivity contribution in [3.8, 4) is 0 Å². The zero-order valence-corrected chi connectivity index (χ0v) is 12.1. The van der Waals surface area contributed by atoms with E-state index in [0.29, 0.717) is 12.1 Å². The molecule has 1 aromatic carbocycles. The summed E-state index contributed by atoms with van der Waals surface area (Å²) in [7, 11) is 0. The van der Waals surface area contributed by atoms with E-state index < -0.39 is 5.97 Å². The molecule has 1 aromatic rings. The van der Waals surface area contributed by atoms with E-state index in [1.54, 1.807) is 18.2 Å². The standard InChI is InChI=1S/C14H18N2O3S/c1-2-3-4-9-12(17)16-14(20)15-11-8-6-5-7-10(11)13(18)19/h5-8H,2-4,9H2,1H3,(H,18,19)(H2,15,16,17,20). The van der Waals surface area contributed by atoms with Crippen LogP contribution in [0.15, 0.2) is 24.3 Å². The van der Waals surface area contributed by atoms with Gasteiger partial charge in [0.2, 0.25) is 5.91 Å². The number of carbonyl (C=O) groups excluding carboxylic acids is 1. The second-order valence-electron chi connectivity index (χ2n) is 4.31. The van der Waals surface area contributed by atoms with Gasteiger partial charge in [0.25, 0.3) is 0 Å². The van der Waals surface area contributed by atoms with Gasteiger partial charge in [0.05, 0.1) is 11.3 Å². The summed E-state index contributed by atoms with van der Waals surface area (Å²) in [6, 6.07) is 6.39. The van der Waals surface area contributed by atoms with E-state index in [9.17, 15) is 9.59 Å². The molecule has 5 nitrogen and oxygen atoms in total. The molecule has 0 aliphatic carbocycles. The first-order valence-corrected chi connectivity index (χ1v) is 6.88. The molecule has 20 heavy (non-hydrogen) atoms. The van der Waals surface area contributed by atoms with Crippen LogP contribution in [-0.4, -0.2) is 22.1 Å². The second kappa shape index (κ2) is 8.27. The van der Waals surface area contributed by atoms with E-state index in [1.807, 2.05) is 0 Å². The molecule has 108 valence electrons. The van der Waals surface area contributed by atoms with Gasteiger partial charge in [-0.2, -0.15) is 0 Å². The molecule has 0 atom stereocenters. The predicted molar refractivity (Wildman–Crippen MR) is 81.9 cm³/mol. The highest BCUT2D eigenvalue weighted by Gasteiger charge is 2.11. The molecule has 0 bridgehead atoms. The van der Waals surface area contributed by atoms with Crippen molar-refractivity contribution in [1.29, 1.82) is 0 Å². The van der Waals surface area contributed by atoms with Crippen molar-refractivity contribution in [3.63, 3.8) is 0 Å². The first kappa shape index (κ1) is 16.1. The number of rotatable bonds is 6. The number of carboxylic acids is 1. The Bertz CT molecular complexity index is 503. The maximum absolute atomic E-state index is 11.6. The van der Waals surface area contributed by atoms with Crippen molar-refractivity contribution >= 4 is 34.9 Å². The van der Waals surface area contributed by atoms with Gasteiger partial charge in [0.15, 0.2) is 5.11 Å². The molecule has 0 fully saturated rings. The van der Waals surface area contributed by atoms with Gasteiger partial charge in [-0.15, -0.1) is 0 Å². The van der Waals surface area contributed by atoms with Gasteiger partial charge in [-0.3, -0.25) is 4.79 Å². The molecule has 0 aliphatic heterocycles. The van der Waals surface area contributed by atoms with Crippen molar-refractivity contribution in [2.75, 3.05) is 5.32 Å². The Morgan fingerprint density at radius 1 is 1.25 bits per heavy atom. The summed E-state index contributed by atoms with van der Waals surface area (Å²) in [6.45, 7) is 2.06. The third kappa shape index (κ3) is 5.36. The molecule has 0 saturated heterocycles. The predicted octanol–water partition coefficient (Wildman–Crippen LogP) is 2.78. The van der Waals surface area contributed by atoms with E-state index in [4.69, 9.17) is 17.3 Å². The van der Waals surface area contributed by atoms with Crippen LogP contribution in [-0.2, 0) is 4.79 Å². The average Bonchev–Trinajstić information content (AvgIpc) is 2.39. The largest absolute Gasteiger partial charge is 0.478 e. The fourth-order valence-electron chi connectivity index (χ4n) is 1.66. The maximum atomic E-state index is 11.6. The van der Waals surface area contributed by atoms with Crippen LogP contribution in [0.3, 0.4) is 0 Å². The minimum absolute atomic E-state index is 0.107. The van der Waals surface area contributed by atoms with Gasteiger partial charge in [-0.25, -0.2) is 4.79 Å². The van der Waals surface area contributed by atoms with Crippen LogP contribution < -0.4 is 10.6 Å². The van der Waals surface area contributed by atoms with E-state index in [1.165, 1.54) is 6.07 Å². The lowest BCUT2D eigenvalue weighted by molar-refractivity contribution is -0.119. The molecule has 1 amide bonds. The Morgan fingerprint density at radius 2 is 1.95 bits per heavy atom. The van der Waals surface area contributed by atoms with Crippen molar-refractivity contribution in [1.82, 2.24) is 5.32 Å². The zero-order chi connectivity index (χ0) is 15.0. The van der Waals surface area contributed by atoms with Gasteiger partial charge in [-0.1, -0.05) is 31.9 Å². The minimum atomic E-state index is -1.05. The van der Waals surface area contributed by atoms with Crippen molar-refractivity contribution in [3.05, 3.63) is 29.8 Å². The van der Waals surface area contributed by atoms with E-state index in [-0.39, 0.29) is 16.6 Å². The number of carbonyl (C=O) groups is 2. The van der Waals surface area contributed by atoms with Gasteiger partial charge in [0.1, 0.15) is 0 Å². The SMILES string of the molecule is CCCCCC(=O)NC(=S)Nc1ccccc1C(=O)O. The number of para-hydroxylation sites is 1. The fourth-order valence-corrected chi connectivity index (χ4v) is 1.88. The highest BCUT2D eigenvalue weighted by Crippen LogP contribution is 2.14. The summed E-state index contributed by atoms with van der Waals surface area (Å²) in [5.41, 5.74) is 0.467. The van der Waals surface area contributed by atoms with Crippen molar-refractivity contribution in [2.24, 2.45) is 0 Å². The molecule has 0 spiro atoms. The Morgan fingerprint density at radius 3 is 2.60 bits per heavy atom. The minimum Gasteiger partial charge on any atom is -0.478 e. The Kier molecular flexibility index (Phi) is 6.66. The van der Waals surface area contributed by atoms with Crippen LogP contribution in [0.5, 0.6) is 0 Å². The molecule has 0 radical (unpaired) electrons. The zero-order valence-electron chi connectivity index (χ0n) is 11.3. The van der Waals surface area contributed by atoms with Crippen LogP contribution >= 0.6 is 12.2 Å². The smallest absolute Gasteiger partial charge is 0.337 e. The molecule has 0 heterocycles. The Hall–Kier alpha value is -1.95. The van der Waals surface area contributed by atoms with Crippen LogP contribution in [0.1, 0.15) is 43.0 Å². The summed E-state index contributed by atoms with van der Waals surface area (Å²) >= 11 is 5.00. The van der Waals surface area contributed by atoms with Crippen LogP contribution in [0.4, 0.5) is 5.69 Å². The average molecular weight is 294 g/mol. The summed E-state index contributed by atoms with van der Waals surface area (Å²) in [4.78, 5) is 22.6. The number of amides is 1. The number of unbranched alkanes of at least 4 members (excludes halogenated alkanes) is 2. The quantitative estimate of drug-likeness (QED) is 0.555. The van der Waals surface area contributed by atoms with Gasteiger partial charge >= 0.3 is 5.97 Å². The van der Waals surface area contributed by atoms with E-state index in [0.717, 1.165) is 19.3 Å². The third-order valence-electron chi connectivity index (χ3n) is 2.67. The van der Waals surface area contributed by atoms with Gasteiger partial charge < -0.3 is 15.7 Å². The second-order valence-corrected chi connectivity index (χ2v) is 4.72. The van der Waals surface area contributed by atoms with E-state index in [2.05, 4.69) is 17.6 Å². The first-order valence-electron chi connectivity index (χ1n) is 6.47. The number of hydrogen-bond donors (Lipinski definition) is 3. The molecular formula is C14H18N2O3S. The Balaban J connectivity index is 2.54. The molecular weight excluding hydrogens is 276 g/mol. The number of anilines is 1. The molecule has 3 N–H and O–H groups in total. The monoisotopic (exact) mass is 294 g/mol. The first-order chi connectivity index (χ1) is 9.54. The van der Waals surface area contributed by atoms with Gasteiger partial charge in [-0.05, 0) is 30.8 Å². The number of carboxylic acid groups (broad SMARTS) is 1. The number of aromatic carboxylic acids is 1. The summed E-state index contributed by atoms with van der Waals surface area (Å²) in [5, 5.41) is 14.4. The van der Waals surface area contributed by atoms with E-state index >= 15 is 0 Å². The Labute approximate surface area is 123 Å². The van der Waals surface area contributed by atoms with Crippen LogP contribution in [0, 0.1) is 0 Å². The van der Waals surface area contributed by atoms with Crippen LogP contribution in [0.25, 0.3) is 0 Å². The molecule has 1 rings (SSSR count).